The molecule has 0 radical (unpaired) electrons. The number of methoxy groups -OCH3 is 1. The average molecular weight is 521 g/mol. The third kappa shape index (κ3) is 5.26. The van der Waals surface area contributed by atoms with E-state index < -0.39 is 5.82 Å². The number of aromatic nitrogens is 2. The number of nitrogens with zero attached hydrogens (tertiary/aromatic N) is 3. The smallest absolute Gasteiger partial charge is 0.135 e. The highest BCUT2D eigenvalue weighted by molar-refractivity contribution is 6.33. The number of nitrogens with one attached hydrogen (secondary N) is 1. The van der Waals surface area contributed by atoms with Gasteiger partial charge in [-0.25, -0.2) is 13.9 Å². The number of anilines is 1. The van der Waals surface area contributed by atoms with Crippen LogP contribution >= 0.6 is 11.6 Å². The minimum Gasteiger partial charge on any atom is -0.497 e. The van der Waals surface area contributed by atoms with Crippen LogP contribution in [0.5, 0.6) is 5.75 Å². The Morgan fingerprint density at radius 3 is 2.68 bits per heavy atom. The second-order valence-corrected chi connectivity index (χ2v) is 9.93. The molecule has 5 rings (SSSR count). The minimum absolute atomic E-state index is 0.195. The number of hydrogen-bond acceptors (Lipinski definition) is 5. The van der Waals surface area contributed by atoms with Crippen molar-refractivity contribution in [2.24, 2.45) is 16.5 Å². The van der Waals surface area contributed by atoms with Crippen LogP contribution in [0.15, 0.2) is 59.9 Å². The van der Waals surface area contributed by atoms with Crippen molar-refractivity contribution in [2.45, 2.75) is 44.7 Å². The van der Waals surface area contributed by atoms with Crippen LogP contribution < -0.4 is 21.5 Å². The van der Waals surface area contributed by atoms with E-state index >= 15 is 0 Å². The average Bonchev–Trinajstić information content (AvgIpc) is 3.32. The van der Waals surface area contributed by atoms with E-state index in [1.807, 2.05) is 28.9 Å². The van der Waals surface area contributed by atoms with E-state index in [4.69, 9.17) is 27.8 Å². The van der Waals surface area contributed by atoms with Gasteiger partial charge >= 0.3 is 0 Å². The molecule has 2 aromatic heterocycles. The van der Waals surface area contributed by atoms with Crippen molar-refractivity contribution < 1.29 is 9.13 Å². The van der Waals surface area contributed by atoms with E-state index in [1.54, 1.807) is 13.3 Å². The van der Waals surface area contributed by atoms with Gasteiger partial charge in [-0.3, -0.25) is 0 Å². The fourth-order valence-corrected chi connectivity index (χ4v) is 5.03. The van der Waals surface area contributed by atoms with Gasteiger partial charge in [0, 0.05) is 29.9 Å². The van der Waals surface area contributed by atoms with E-state index in [9.17, 15) is 4.39 Å². The Kier molecular flexibility index (Phi) is 7.04. The summed E-state index contributed by atoms with van der Waals surface area (Å²) in [6.07, 6.45) is 7.48. The molecule has 192 valence electrons. The summed E-state index contributed by atoms with van der Waals surface area (Å²) in [6, 6.07) is 12.6. The van der Waals surface area contributed by atoms with Crippen molar-refractivity contribution in [3.63, 3.8) is 0 Å². The molecular formula is C28H30ClFN6O. The summed E-state index contributed by atoms with van der Waals surface area (Å²) in [5.74, 6) is 0.566. The van der Waals surface area contributed by atoms with Gasteiger partial charge in [-0.1, -0.05) is 17.7 Å². The molecule has 1 saturated carbocycles. The Labute approximate surface area is 220 Å². The highest BCUT2D eigenvalue weighted by Gasteiger charge is 2.22. The third-order valence-corrected chi connectivity index (χ3v) is 7.25. The first-order chi connectivity index (χ1) is 17.8. The van der Waals surface area contributed by atoms with Crippen LogP contribution in [0.4, 0.5) is 15.8 Å². The van der Waals surface area contributed by atoms with Crippen molar-refractivity contribution in [1.82, 2.24) is 9.61 Å². The molecule has 0 amide bonds. The number of rotatable bonds is 6. The van der Waals surface area contributed by atoms with Gasteiger partial charge in [0.1, 0.15) is 17.4 Å². The maximum absolute atomic E-state index is 13.9. The molecule has 0 spiro atoms. The first kappa shape index (κ1) is 25.0. The molecule has 1 fully saturated rings. The third-order valence-electron chi connectivity index (χ3n) is 6.93. The maximum atomic E-state index is 13.9. The molecule has 0 bridgehead atoms. The van der Waals surface area contributed by atoms with Crippen LogP contribution in [0.2, 0.25) is 5.02 Å². The Hall–Kier alpha value is -3.62. The number of nitrogens with two attached hydrogens (primary N) is 2. The summed E-state index contributed by atoms with van der Waals surface area (Å²) in [4.78, 5) is 4.46. The molecule has 0 unspecified atom stereocenters. The second kappa shape index (κ2) is 10.4. The molecule has 9 heteroatoms. The summed E-state index contributed by atoms with van der Waals surface area (Å²) >= 11 is 6.25. The summed E-state index contributed by atoms with van der Waals surface area (Å²) < 4.78 is 21.1. The lowest BCUT2D eigenvalue weighted by Crippen LogP contribution is -2.33. The van der Waals surface area contributed by atoms with Crippen LogP contribution in [0.1, 0.15) is 36.8 Å². The number of amidine groups is 1. The summed E-state index contributed by atoms with van der Waals surface area (Å²) in [6.45, 7) is 2.05. The van der Waals surface area contributed by atoms with Crippen LogP contribution in [0.25, 0.3) is 16.6 Å². The topological polar surface area (TPSA) is 103 Å². The summed E-state index contributed by atoms with van der Waals surface area (Å²) in [5, 5.41) is 8.64. The zero-order chi connectivity index (χ0) is 26.1. The van der Waals surface area contributed by atoms with Crippen LogP contribution in [-0.2, 0) is 0 Å². The van der Waals surface area contributed by atoms with Crippen LogP contribution in [-0.4, -0.2) is 34.6 Å². The molecule has 2 heterocycles. The van der Waals surface area contributed by atoms with E-state index in [2.05, 4.69) is 28.4 Å². The number of benzene rings is 2. The summed E-state index contributed by atoms with van der Waals surface area (Å²) in [5.41, 5.74) is 18.4. The van der Waals surface area contributed by atoms with Gasteiger partial charge in [0.05, 0.1) is 40.8 Å². The SMILES string of the molecule is COc1ccc(-c2cc3c(NC4CCC(N)CC4)c(C(N)=Nc4cc(F)ccc4Cl)cnn3c2)c(C)c1. The quantitative estimate of drug-likeness (QED) is 0.219. The highest BCUT2D eigenvalue weighted by atomic mass is 35.5. The van der Waals surface area contributed by atoms with Crippen molar-refractivity contribution in [2.75, 3.05) is 12.4 Å². The normalized spacial score (nSPS) is 18.2. The predicted molar refractivity (Wildman–Crippen MR) is 148 cm³/mol. The van der Waals surface area contributed by atoms with Gasteiger partial charge in [-0.2, -0.15) is 5.10 Å². The van der Waals surface area contributed by atoms with Crippen LogP contribution in [0, 0.1) is 12.7 Å². The minimum atomic E-state index is -0.437. The highest BCUT2D eigenvalue weighted by Crippen LogP contribution is 2.34. The standard InChI is InChI=1S/C28H30ClFN6O/c1-16-11-21(37-2)8-9-22(16)17-12-26-27(34-20-6-4-19(31)5-7-20)23(14-33-36(26)15-17)28(32)35-25-13-18(30)3-10-24(25)29/h3,8-15,19-20,34H,4-7,31H2,1-2H3,(H2,32,35). The molecule has 7 nitrogen and oxygen atoms in total. The zero-order valence-electron chi connectivity index (χ0n) is 20.8. The molecule has 0 aliphatic heterocycles. The molecule has 0 saturated heterocycles. The molecule has 1 aliphatic rings. The van der Waals surface area contributed by atoms with Gasteiger partial charge in [-0.05, 0) is 74.1 Å². The molecule has 2 aromatic carbocycles. The Morgan fingerprint density at radius 2 is 1.95 bits per heavy atom. The zero-order valence-corrected chi connectivity index (χ0v) is 21.6. The number of fused-ring (bicyclic) bond motifs is 1. The summed E-state index contributed by atoms with van der Waals surface area (Å²) in [7, 11) is 1.66. The van der Waals surface area contributed by atoms with Gasteiger partial charge < -0.3 is 21.5 Å². The van der Waals surface area contributed by atoms with Crippen LogP contribution in [0.3, 0.4) is 0 Å². The van der Waals surface area contributed by atoms with Crippen molar-refractivity contribution in [3.05, 3.63) is 76.8 Å². The largest absolute Gasteiger partial charge is 0.497 e. The number of ether oxygens (including phenoxy) is 1. The first-order valence-corrected chi connectivity index (χ1v) is 12.7. The first-order valence-electron chi connectivity index (χ1n) is 12.3. The molecule has 37 heavy (non-hydrogen) atoms. The van der Waals surface area contributed by atoms with Crippen molar-refractivity contribution in [3.8, 4) is 16.9 Å². The molecule has 5 N–H and O–H groups in total. The van der Waals surface area contributed by atoms with E-state index in [0.29, 0.717) is 10.6 Å². The number of halogens is 2. The number of aryl methyl sites for hydroxylation is 1. The Bertz CT molecular complexity index is 1480. The Morgan fingerprint density at radius 1 is 1.16 bits per heavy atom. The van der Waals surface area contributed by atoms with E-state index in [-0.39, 0.29) is 23.6 Å². The van der Waals surface area contributed by atoms with Gasteiger partial charge in [0.15, 0.2) is 0 Å². The Balaban J connectivity index is 1.62. The molecule has 0 atom stereocenters. The molecule has 1 aliphatic carbocycles. The van der Waals surface area contributed by atoms with Crippen molar-refractivity contribution >= 4 is 34.3 Å². The fraction of sp³-hybridized carbons (Fsp3) is 0.286. The van der Waals surface area contributed by atoms with Gasteiger partial charge in [0.25, 0.3) is 0 Å². The van der Waals surface area contributed by atoms with Gasteiger partial charge in [0.2, 0.25) is 0 Å². The second-order valence-electron chi connectivity index (χ2n) is 9.52. The monoisotopic (exact) mass is 520 g/mol. The fourth-order valence-electron chi connectivity index (χ4n) is 4.87. The van der Waals surface area contributed by atoms with E-state index in [0.717, 1.165) is 59.3 Å². The maximum Gasteiger partial charge on any atom is 0.135 e. The lowest BCUT2D eigenvalue weighted by atomic mass is 9.91. The predicted octanol–water partition coefficient (Wildman–Crippen LogP) is 5.83. The number of aliphatic imine (C=N–C) groups is 1. The van der Waals surface area contributed by atoms with Crippen molar-refractivity contribution in [1.29, 1.82) is 0 Å². The van der Waals surface area contributed by atoms with E-state index in [1.165, 1.54) is 18.2 Å². The lowest BCUT2D eigenvalue weighted by Gasteiger charge is -2.28. The molecular weight excluding hydrogens is 491 g/mol. The van der Waals surface area contributed by atoms with Gasteiger partial charge in [-0.15, -0.1) is 0 Å². The molecule has 4 aromatic rings. The lowest BCUT2D eigenvalue weighted by molar-refractivity contribution is 0.411. The number of hydrogen-bond donors (Lipinski definition) is 3.